The zero-order valence-electron chi connectivity index (χ0n) is 9.66. The maximum Gasteiger partial charge on any atom is 0.356 e. The molecule has 1 aromatic heterocycles. The lowest BCUT2D eigenvalue weighted by Gasteiger charge is -2.06. The molecule has 0 radical (unpaired) electrons. The Hall–Kier alpha value is -1.03. The van der Waals surface area contributed by atoms with Crippen LogP contribution in [0.1, 0.15) is 30.3 Å². The van der Waals surface area contributed by atoms with Gasteiger partial charge in [-0.25, -0.2) is 22.9 Å². The highest BCUT2D eigenvalue weighted by Crippen LogP contribution is 2.19. The minimum absolute atomic E-state index is 0.143. The third-order valence-electron chi connectivity index (χ3n) is 2.07. The Morgan fingerprint density at radius 1 is 1.61 bits per heavy atom. The van der Waals surface area contributed by atoms with Crippen LogP contribution in [-0.2, 0) is 10.0 Å². The van der Waals surface area contributed by atoms with Crippen molar-refractivity contribution in [1.82, 2.24) is 9.71 Å². The molecule has 1 rings (SSSR count). The summed E-state index contributed by atoms with van der Waals surface area (Å²) in [4.78, 5) is 14.3. The number of nitrogens with zero attached hydrogens (tertiary/aromatic N) is 1. The first-order chi connectivity index (χ1) is 8.34. The van der Waals surface area contributed by atoms with E-state index in [4.69, 9.17) is 10.2 Å². The average molecular weight is 294 g/mol. The van der Waals surface area contributed by atoms with Crippen molar-refractivity contribution >= 4 is 27.3 Å². The van der Waals surface area contributed by atoms with Gasteiger partial charge in [-0.2, -0.15) is 0 Å². The molecule has 0 fully saturated rings. The Morgan fingerprint density at radius 3 is 2.83 bits per heavy atom. The second-order valence-electron chi connectivity index (χ2n) is 3.68. The van der Waals surface area contributed by atoms with Crippen LogP contribution in [0.3, 0.4) is 0 Å². The number of hydrogen-bond acceptors (Lipinski definition) is 6. The van der Waals surface area contributed by atoms with Crippen molar-refractivity contribution in [3.63, 3.8) is 0 Å². The van der Waals surface area contributed by atoms with Gasteiger partial charge in [0.1, 0.15) is 0 Å². The molecule has 0 aliphatic rings. The van der Waals surface area contributed by atoms with E-state index in [1.807, 2.05) is 0 Å². The number of sulfonamides is 1. The highest BCUT2D eigenvalue weighted by molar-refractivity contribution is 7.91. The summed E-state index contributed by atoms with van der Waals surface area (Å²) in [6, 6.07) is 0. The van der Waals surface area contributed by atoms with E-state index >= 15 is 0 Å². The van der Waals surface area contributed by atoms with E-state index in [-0.39, 0.29) is 10.8 Å². The van der Waals surface area contributed by atoms with Gasteiger partial charge in [0.25, 0.3) is 10.0 Å². The molecule has 102 valence electrons. The van der Waals surface area contributed by atoms with Gasteiger partial charge in [-0.15, -0.1) is 11.3 Å². The topological polar surface area (TPSA) is 117 Å². The molecule has 3 N–H and O–H groups in total. The summed E-state index contributed by atoms with van der Waals surface area (Å²) in [6.07, 6.45) is 0.447. The number of aliphatic hydroxyl groups excluding tert-OH is 1. The van der Waals surface area contributed by atoms with Crippen molar-refractivity contribution in [3.05, 3.63) is 11.2 Å². The lowest BCUT2D eigenvalue weighted by atomic mass is 10.2. The summed E-state index contributed by atoms with van der Waals surface area (Å²) in [5.74, 6) is -1.37. The van der Waals surface area contributed by atoms with E-state index in [2.05, 4.69) is 9.71 Å². The molecule has 1 heterocycles. The summed E-state index contributed by atoms with van der Waals surface area (Å²) in [5, 5.41) is 17.8. The number of aromatic carboxylic acids is 1. The van der Waals surface area contributed by atoms with E-state index in [9.17, 15) is 13.2 Å². The van der Waals surface area contributed by atoms with E-state index in [0.717, 1.165) is 11.3 Å². The molecule has 0 aliphatic carbocycles. The van der Waals surface area contributed by atoms with Crippen LogP contribution in [-0.4, -0.2) is 42.2 Å². The zero-order chi connectivity index (χ0) is 13.8. The van der Waals surface area contributed by atoms with Gasteiger partial charge in [0.05, 0.1) is 11.6 Å². The number of hydrogen-bond donors (Lipinski definition) is 3. The third-order valence-corrected chi connectivity index (χ3v) is 4.90. The molecule has 1 aromatic rings. The van der Waals surface area contributed by atoms with Crippen LogP contribution in [0.25, 0.3) is 0 Å². The van der Waals surface area contributed by atoms with Gasteiger partial charge in [0.15, 0.2) is 9.90 Å². The summed E-state index contributed by atoms with van der Waals surface area (Å²) in [7, 11) is -3.85. The molecule has 0 spiro atoms. The monoisotopic (exact) mass is 294 g/mol. The molecule has 9 heteroatoms. The van der Waals surface area contributed by atoms with Gasteiger partial charge >= 0.3 is 5.97 Å². The van der Waals surface area contributed by atoms with Crippen LogP contribution in [0.15, 0.2) is 9.72 Å². The minimum Gasteiger partial charge on any atom is -0.476 e. The number of carboxylic acids is 1. The van der Waals surface area contributed by atoms with Crippen molar-refractivity contribution in [2.75, 3.05) is 6.54 Å². The Morgan fingerprint density at radius 2 is 2.28 bits per heavy atom. The van der Waals surface area contributed by atoms with Crippen LogP contribution >= 0.6 is 11.3 Å². The van der Waals surface area contributed by atoms with Gasteiger partial charge in [0.2, 0.25) is 0 Å². The molecule has 1 atom stereocenters. The lowest BCUT2D eigenvalue weighted by molar-refractivity contribution is 0.0687. The van der Waals surface area contributed by atoms with E-state index in [1.165, 1.54) is 5.51 Å². The van der Waals surface area contributed by atoms with Crippen LogP contribution in [0.5, 0.6) is 0 Å². The second kappa shape index (κ2) is 6.23. The highest BCUT2D eigenvalue weighted by atomic mass is 32.2. The van der Waals surface area contributed by atoms with Crippen molar-refractivity contribution in [2.24, 2.45) is 0 Å². The normalized spacial score (nSPS) is 13.4. The van der Waals surface area contributed by atoms with Crippen molar-refractivity contribution in [3.8, 4) is 0 Å². The first-order valence-electron chi connectivity index (χ1n) is 5.19. The quantitative estimate of drug-likeness (QED) is 0.622. The molecule has 0 amide bonds. The third kappa shape index (κ3) is 4.02. The van der Waals surface area contributed by atoms with Crippen LogP contribution in [0, 0.1) is 0 Å². The number of nitrogens with one attached hydrogen (secondary N) is 1. The number of carbonyl (C=O) groups is 1. The fourth-order valence-electron chi connectivity index (χ4n) is 1.24. The molecule has 7 nitrogen and oxygen atoms in total. The van der Waals surface area contributed by atoms with Gasteiger partial charge < -0.3 is 10.2 Å². The van der Waals surface area contributed by atoms with E-state index in [0.29, 0.717) is 12.8 Å². The first kappa shape index (κ1) is 15.0. The van der Waals surface area contributed by atoms with E-state index < -0.39 is 27.8 Å². The van der Waals surface area contributed by atoms with Gasteiger partial charge in [0, 0.05) is 6.54 Å². The summed E-state index contributed by atoms with van der Waals surface area (Å²) < 4.78 is 25.6. The largest absolute Gasteiger partial charge is 0.476 e. The van der Waals surface area contributed by atoms with Crippen LogP contribution in [0.2, 0.25) is 0 Å². The number of aromatic nitrogens is 1. The second-order valence-corrected chi connectivity index (χ2v) is 6.50. The summed E-state index contributed by atoms with van der Waals surface area (Å²) in [6.45, 7) is 1.75. The summed E-state index contributed by atoms with van der Waals surface area (Å²) in [5.41, 5.74) is 0.705. The molecule has 1 unspecified atom stereocenters. The average Bonchev–Trinajstić information content (AvgIpc) is 2.73. The number of aliphatic hydroxyl groups is 1. The van der Waals surface area contributed by atoms with Gasteiger partial charge in [-0.3, -0.25) is 0 Å². The van der Waals surface area contributed by atoms with Gasteiger partial charge in [-0.05, 0) is 19.8 Å². The van der Waals surface area contributed by atoms with Crippen molar-refractivity contribution in [1.29, 1.82) is 0 Å². The highest BCUT2D eigenvalue weighted by Gasteiger charge is 2.25. The number of carboxylic acid groups (broad SMARTS) is 1. The molecule has 18 heavy (non-hydrogen) atoms. The fourth-order valence-corrected chi connectivity index (χ4v) is 3.49. The zero-order valence-corrected chi connectivity index (χ0v) is 11.3. The van der Waals surface area contributed by atoms with Crippen molar-refractivity contribution in [2.45, 2.75) is 30.1 Å². The maximum absolute atomic E-state index is 11.8. The molecule has 0 bridgehead atoms. The van der Waals surface area contributed by atoms with Crippen molar-refractivity contribution < 1.29 is 23.4 Å². The Balaban J connectivity index is 2.69. The minimum atomic E-state index is -3.85. The molecule has 0 aliphatic heterocycles. The SMILES string of the molecule is CC(O)CCCNS(=O)(=O)c1scnc1C(=O)O. The number of thiazole rings is 1. The Bertz CT molecular complexity index is 509. The molecule has 0 aromatic carbocycles. The molecule has 0 saturated heterocycles. The van der Waals surface area contributed by atoms with E-state index in [1.54, 1.807) is 6.92 Å². The Labute approximate surface area is 109 Å². The molecule has 0 saturated carbocycles. The standard InChI is InChI=1S/C9H14N2O5S2/c1-6(12)3-2-4-11-18(15,16)9-7(8(13)14)10-5-17-9/h5-6,11-12H,2-4H2,1H3,(H,13,14). The maximum atomic E-state index is 11.8. The molecular formula is C9H14N2O5S2. The smallest absolute Gasteiger partial charge is 0.356 e. The summed E-state index contributed by atoms with van der Waals surface area (Å²) >= 11 is 0.757. The number of rotatable bonds is 7. The Kier molecular flexibility index (Phi) is 5.20. The predicted octanol–water partition coefficient (Wildman–Crippen LogP) is 0.281. The van der Waals surface area contributed by atoms with Crippen LogP contribution < -0.4 is 4.72 Å². The lowest BCUT2D eigenvalue weighted by Crippen LogP contribution is -2.26. The van der Waals surface area contributed by atoms with Crippen LogP contribution in [0.4, 0.5) is 0 Å². The predicted molar refractivity (Wildman–Crippen MR) is 65.2 cm³/mol. The van der Waals surface area contributed by atoms with Gasteiger partial charge in [-0.1, -0.05) is 0 Å². The first-order valence-corrected chi connectivity index (χ1v) is 7.55. The fraction of sp³-hybridized carbons (Fsp3) is 0.556. The molecular weight excluding hydrogens is 280 g/mol.